The van der Waals surface area contributed by atoms with E-state index in [0.717, 1.165) is 10.9 Å². The van der Waals surface area contributed by atoms with Gasteiger partial charge in [0.05, 0.1) is 25.4 Å². The van der Waals surface area contributed by atoms with E-state index in [4.69, 9.17) is 9.47 Å². The van der Waals surface area contributed by atoms with Gasteiger partial charge in [-0.2, -0.15) is 0 Å². The lowest BCUT2D eigenvalue weighted by molar-refractivity contribution is -0.114. The Morgan fingerprint density at radius 2 is 2.12 bits per heavy atom. The van der Waals surface area contributed by atoms with Crippen LogP contribution in [0.5, 0.6) is 11.5 Å². The van der Waals surface area contributed by atoms with Crippen LogP contribution in [0.1, 0.15) is 6.92 Å². The van der Waals surface area contributed by atoms with Crippen LogP contribution in [-0.4, -0.2) is 25.1 Å². The van der Waals surface area contributed by atoms with Crippen LogP contribution in [0.25, 0.3) is 10.9 Å². The molecule has 90 valence electrons. The first kappa shape index (κ1) is 11.3. The molecule has 0 spiro atoms. The molecule has 17 heavy (non-hydrogen) atoms. The number of H-pyrrole nitrogens is 1. The van der Waals surface area contributed by atoms with Crippen LogP contribution in [0, 0.1) is 0 Å². The average Bonchev–Trinajstić information content (AvgIpc) is 2.76. The second-order valence-electron chi connectivity index (χ2n) is 3.61. The number of carbonyl (C=O) groups excluding carboxylic acids is 1. The highest BCUT2D eigenvalue weighted by molar-refractivity contribution is 6.00. The Hall–Kier alpha value is -2.17. The minimum atomic E-state index is -0.153. The topological polar surface area (TPSA) is 63.4 Å². The van der Waals surface area contributed by atoms with E-state index in [2.05, 4.69) is 10.3 Å². The lowest BCUT2D eigenvalue weighted by Gasteiger charge is -2.12. The number of carbonyl (C=O) groups is 1. The number of hydrogen-bond acceptors (Lipinski definition) is 3. The highest BCUT2D eigenvalue weighted by Crippen LogP contribution is 2.39. The molecule has 0 saturated carbocycles. The van der Waals surface area contributed by atoms with Crippen molar-refractivity contribution in [2.24, 2.45) is 0 Å². The Kier molecular flexibility index (Phi) is 2.91. The Morgan fingerprint density at radius 3 is 2.71 bits per heavy atom. The standard InChI is InChI=1S/C12H14N2O3/c1-7(15)14-9-6-10(16-2)11-8(4-5-13-11)12(9)17-3/h4-6,13H,1-3H3,(H,14,15). The molecule has 0 aliphatic heterocycles. The molecule has 0 aliphatic carbocycles. The summed E-state index contributed by atoms with van der Waals surface area (Å²) < 4.78 is 10.6. The van der Waals surface area contributed by atoms with Crippen molar-refractivity contribution in [1.82, 2.24) is 4.98 Å². The van der Waals surface area contributed by atoms with Gasteiger partial charge in [-0.15, -0.1) is 0 Å². The third-order valence-corrected chi connectivity index (χ3v) is 2.49. The number of hydrogen-bond donors (Lipinski definition) is 2. The minimum Gasteiger partial charge on any atom is -0.494 e. The van der Waals surface area contributed by atoms with Crippen molar-refractivity contribution in [1.29, 1.82) is 0 Å². The molecule has 1 heterocycles. The van der Waals surface area contributed by atoms with Gasteiger partial charge in [0.25, 0.3) is 0 Å². The number of methoxy groups -OCH3 is 2. The van der Waals surface area contributed by atoms with Crippen molar-refractivity contribution in [3.8, 4) is 11.5 Å². The first-order valence-electron chi connectivity index (χ1n) is 5.17. The van der Waals surface area contributed by atoms with Crippen LogP contribution in [-0.2, 0) is 4.79 Å². The van der Waals surface area contributed by atoms with E-state index >= 15 is 0 Å². The molecule has 0 bridgehead atoms. The van der Waals surface area contributed by atoms with Crippen molar-refractivity contribution < 1.29 is 14.3 Å². The predicted octanol–water partition coefficient (Wildman–Crippen LogP) is 2.14. The molecular formula is C12H14N2O3. The summed E-state index contributed by atoms with van der Waals surface area (Å²) in [6, 6.07) is 3.61. The third kappa shape index (κ3) is 1.91. The number of anilines is 1. The van der Waals surface area contributed by atoms with Crippen LogP contribution < -0.4 is 14.8 Å². The van der Waals surface area contributed by atoms with Gasteiger partial charge in [-0.1, -0.05) is 0 Å². The summed E-state index contributed by atoms with van der Waals surface area (Å²) in [7, 11) is 3.15. The number of rotatable bonds is 3. The zero-order chi connectivity index (χ0) is 12.4. The van der Waals surface area contributed by atoms with E-state index in [1.165, 1.54) is 6.92 Å². The van der Waals surface area contributed by atoms with Crippen LogP contribution in [0.15, 0.2) is 18.3 Å². The molecule has 5 nitrogen and oxygen atoms in total. The molecule has 0 unspecified atom stereocenters. The lowest BCUT2D eigenvalue weighted by atomic mass is 10.2. The van der Waals surface area contributed by atoms with Gasteiger partial charge in [0, 0.05) is 24.6 Å². The number of fused-ring (bicyclic) bond motifs is 1. The first-order valence-corrected chi connectivity index (χ1v) is 5.17. The number of aromatic nitrogens is 1. The molecule has 0 atom stereocenters. The minimum absolute atomic E-state index is 0.153. The van der Waals surface area contributed by atoms with Gasteiger partial charge in [-0.3, -0.25) is 4.79 Å². The second-order valence-corrected chi connectivity index (χ2v) is 3.61. The van der Waals surface area contributed by atoms with E-state index in [1.54, 1.807) is 26.5 Å². The zero-order valence-electron chi connectivity index (χ0n) is 9.96. The first-order chi connectivity index (χ1) is 8.17. The summed E-state index contributed by atoms with van der Waals surface area (Å²) in [6.07, 6.45) is 1.80. The average molecular weight is 234 g/mol. The van der Waals surface area contributed by atoms with Crippen molar-refractivity contribution in [3.63, 3.8) is 0 Å². The number of ether oxygens (including phenoxy) is 2. The van der Waals surface area contributed by atoms with E-state index < -0.39 is 0 Å². The smallest absolute Gasteiger partial charge is 0.221 e. The van der Waals surface area contributed by atoms with Crippen LogP contribution in [0.4, 0.5) is 5.69 Å². The summed E-state index contributed by atoms with van der Waals surface area (Å²) in [5, 5.41) is 3.59. The highest BCUT2D eigenvalue weighted by Gasteiger charge is 2.14. The van der Waals surface area contributed by atoms with Crippen molar-refractivity contribution >= 4 is 22.5 Å². The maximum absolute atomic E-state index is 11.1. The van der Waals surface area contributed by atoms with Gasteiger partial charge in [-0.05, 0) is 6.07 Å². The lowest BCUT2D eigenvalue weighted by Crippen LogP contribution is -2.07. The van der Waals surface area contributed by atoms with Crippen molar-refractivity contribution in [2.45, 2.75) is 6.92 Å². The molecule has 2 rings (SSSR count). The second kappa shape index (κ2) is 4.37. The summed E-state index contributed by atoms with van der Waals surface area (Å²) in [5.74, 6) is 1.13. The molecule has 0 aliphatic rings. The SMILES string of the molecule is COc1c(NC(C)=O)cc(OC)c2[nH]ccc12. The third-order valence-electron chi connectivity index (χ3n) is 2.49. The monoisotopic (exact) mass is 234 g/mol. The Morgan fingerprint density at radius 1 is 1.35 bits per heavy atom. The molecule has 0 radical (unpaired) electrons. The normalized spacial score (nSPS) is 10.3. The van der Waals surface area contributed by atoms with Gasteiger partial charge >= 0.3 is 0 Å². The van der Waals surface area contributed by atoms with Crippen LogP contribution in [0.3, 0.4) is 0 Å². The fraction of sp³-hybridized carbons (Fsp3) is 0.250. The van der Waals surface area contributed by atoms with Gasteiger partial charge in [-0.25, -0.2) is 0 Å². The summed E-state index contributed by atoms with van der Waals surface area (Å²) >= 11 is 0. The number of nitrogens with one attached hydrogen (secondary N) is 2. The fourth-order valence-electron chi connectivity index (χ4n) is 1.84. The Labute approximate surface area is 98.7 Å². The van der Waals surface area contributed by atoms with Gasteiger partial charge in [0.2, 0.25) is 5.91 Å². The van der Waals surface area contributed by atoms with Gasteiger partial charge < -0.3 is 19.8 Å². The Bertz CT molecular complexity index is 560. The largest absolute Gasteiger partial charge is 0.494 e. The highest BCUT2D eigenvalue weighted by atomic mass is 16.5. The maximum atomic E-state index is 11.1. The van der Waals surface area contributed by atoms with Crippen LogP contribution >= 0.6 is 0 Å². The molecule has 2 N–H and O–H groups in total. The molecule has 0 fully saturated rings. The van der Waals surface area contributed by atoms with Gasteiger partial charge in [0.1, 0.15) is 5.75 Å². The zero-order valence-corrected chi connectivity index (χ0v) is 9.96. The number of amides is 1. The van der Waals surface area contributed by atoms with E-state index in [1.807, 2.05) is 6.07 Å². The summed E-state index contributed by atoms with van der Waals surface area (Å²) in [6.45, 7) is 1.45. The molecule has 0 saturated heterocycles. The van der Waals surface area contributed by atoms with E-state index in [-0.39, 0.29) is 5.91 Å². The fourth-order valence-corrected chi connectivity index (χ4v) is 1.84. The van der Waals surface area contributed by atoms with Gasteiger partial charge in [0.15, 0.2) is 5.75 Å². The van der Waals surface area contributed by atoms with Crippen molar-refractivity contribution in [3.05, 3.63) is 18.3 Å². The number of benzene rings is 1. The molecule has 1 aromatic carbocycles. The van der Waals surface area contributed by atoms with Crippen LogP contribution in [0.2, 0.25) is 0 Å². The number of aromatic amines is 1. The summed E-state index contributed by atoms with van der Waals surface area (Å²) in [4.78, 5) is 14.2. The molecule has 1 aromatic heterocycles. The van der Waals surface area contributed by atoms with E-state index in [9.17, 15) is 4.79 Å². The quantitative estimate of drug-likeness (QED) is 0.855. The maximum Gasteiger partial charge on any atom is 0.221 e. The molecular weight excluding hydrogens is 220 g/mol. The molecule has 5 heteroatoms. The van der Waals surface area contributed by atoms with E-state index in [0.29, 0.717) is 17.2 Å². The van der Waals surface area contributed by atoms with Crippen molar-refractivity contribution in [2.75, 3.05) is 19.5 Å². The Balaban J connectivity index is 2.68. The predicted molar refractivity (Wildman–Crippen MR) is 65.7 cm³/mol. The molecule has 1 amide bonds. The molecule has 2 aromatic rings. The summed E-state index contributed by atoms with van der Waals surface area (Å²) in [5.41, 5.74) is 1.45.